The molecule has 1 aromatic carbocycles. The third-order valence-corrected chi connectivity index (χ3v) is 4.87. The molecule has 0 aliphatic carbocycles. The Bertz CT molecular complexity index is 760. The smallest absolute Gasteiger partial charge is 0.286 e. The second-order valence-electron chi connectivity index (χ2n) is 5.70. The number of aliphatic hydroxyl groups is 1. The Balaban J connectivity index is 1.52. The predicted molar refractivity (Wildman–Crippen MR) is 94.4 cm³/mol. The minimum Gasteiger partial charge on any atom is -0.493 e. The van der Waals surface area contributed by atoms with Crippen molar-refractivity contribution in [2.45, 2.75) is 24.7 Å². The van der Waals surface area contributed by atoms with Crippen LogP contribution in [0.25, 0.3) is 0 Å². The minimum absolute atomic E-state index is 0.282. The van der Waals surface area contributed by atoms with Crippen molar-refractivity contribution in [2.24, 2.45) is 0 Å². The molecule has 0 spiro atoms. The third-order valence-electron chi connectivity index (χ3n) is 3.83. The van der Waals surface area contributed by atoms with Crippen molar-refractivity contribution in [1.82, 2.24) is 10.3 Å². The molecule has 2 heterocycles. The molecule has 2 aromatic rings. The Kier molecular flexibility index (Phi) is 5.35. The summed E-state index contributed by atoms with van der Waals surface area (Å²) in [5, 5.41) is 10.9. The highest BCUT2D eigenvalue weighted by Crippen LogP contribution is 2.34. The van der Waals surface area contributed by atoms with Crippen LogP contribution in [0.3, 0.4) is 0 Å². The van der Waals surface area contributed by atoms with Gasteiger partial charge in [-0.2, -0.15) is 0 Å². The summed E-state index contributed by atoms with van der Waals surface area (Å²) >= 11 is 0.984. The number of carbonyl (C=O) groups is 2. The molecule has 1 aliphatic rings. The monoisotopic (exact) mass is 358 g/mol. The number of amides is 2. The molecule has 0 radical (unpaired) electrons. The average Bonchev–Trinajstić information content (AvgIpc) is 2.94. The molecular weight excluding hydrogens is 340 g/mol. The molecule has 25 heavy (non-hydrogen) atoms. The standard InChI is InChI=1S/C18H18N2O4S/c1-11(21)13-2-5-14(19-10-13)8-9-24-15-6-3-12(4-7-15)16-17(22)20-18(23)25-16/h2-7,10-11,16,21H,8-9H2,1H3,(H,20,22,23). The van der Waals surface area contributed by atoms with Crippen LogP contribution in [0.5, 0.6) is 5.75 Å². The molecule has 0 saturated carbocycles. The number of carbonyl (C=O) groups excluding carboxylic acids is 2. The zero-order valence-corrected chi connectivity index (χ0v) is 14.5. The van der Waals surface area contributed by atoms with Gasteiger partial charge in [0, 0.05) is 18.3 Å². The minimum atomic E-state index is -0.522. The van der Waals surface area contributed by atoms with Crippen LogP contribution in [0, 0.1) is 0 Å². The summed E-state index contributed by atoms with van der Waals surface area (Å²) in [6, 6.07) is 10.9. The summed E-state index contributed by atoms with van der Waals surface area (Å²) in [7, 11) is 0. The summed E-state index contributed by atoms with van der Waals surface area (Å²) in [6.07, 6.45) is 1.80. The molecule has 3 rings (SSSR count). The van der Waals surface area contributed by atoms with Crippen molar-refractivity contribution in [1.29, 1.82) is 0 Å². The van der Waals surface area contributed by atoms with Gasteiger partial charge in [0.25, 0.3) is 5.24 Å². The molecule has 2 amide bonds. The lowest BCUT2D eigenvalue weighted by molar-refractivity contribution is -0.119. The van der Waals surface area contributed by atoms with Gasteiger partial charge in [0.1, 0.15) is 11.0 Å². The van der Waals surface area contributed by atoms with E-state index in [4.69, 9.17) is 4.74 Å². The van der Waals surface area contributed by atoms with Gasteiger partial charge >= 0.3 is 0 Å². The highest BCUT2D eigenvalue weighted by molar-refractivity contribution is 8.15. The van der Waals surface area contributed by atoms with E-state index in [0.717, 1.165) is 28.6 Å². The van der Waals surface area contributed by atoms with Crippen LogP contribution in [-0.2, 0) is 11.2 Å². The Morgan fingerprint density at radius 1 is 1.24 bits per heavy atom. The molecule has 130 valence electrons. The lowest BCUT2D eigenvalue weighted by atomic mass is 10.1. The first-order valence-corrected chi connectivity index (χ1v) is 8.78. The molecule has 1 fully saturated rings. The number of aromatic nitrogens is 1. The fourth-order valence-electron chi connectivity index (χ4n) is 2.42. The summed E-state index contributed by atoms with van der Waals surface area (Å²) < 4.78 is 5.69. The number of hydrogen-bond acceptors (Lipinski definition) is 6. The van der Waals surface area contributed by atoms with Gasteiger partial charge in [0.05, 0.1) is 12.7 Å². The Morgan fingerprint density at radius 3 is 2.56 bits per heavy atom. The first-order valence-electron chi connectivity index (χ1n) is 7.90. The number of imide groups is 1. The Labute approximate surface area is 149 Å². The maximum absolute atomic E-state index is 11.7. The number of hydrogen-bond donors (Lipinski definition) is 2. The van der Waals surface area contributed by atoms with Crippen LogP contribution >= 0.6 is 11.8 Å². The number of pyridine rings is 1. The SMILES string of the molecule is CC(O)c1ccc(CCOc2ccc(C3SC(=O)NC3=O)cc2)nc1. The highest BCUT2D eigenvalue weighted by Gasteiger charge is 2.32. The molecular formula is C18H18N2O4S. The van der Waals surface area contributed by atoms with Crippen molar-refractivity contribution in [3.63, 3.8) is 0 Å². The molecule has 0 bridgehead atoms. The lowest BCUT2D eigenvalue weighted by Crippen LogP contribution is -2.20. The molecule has 2 unspecified atom stereocenters. The van der Waals surface area contributed by atoms with Crippen LogP contribution in [0.4, 0.5) is 4.79 Å². The first kappa shape index (κ1) is 17.4. The van der Waals surface area contributed by atoms with E-state index in [1.54, 1.807) is 37.4 Å². The van der Waals surface area contributed by atoms with E-state index in [0.29, 0.717) is 18.8 Å². The van der Waals surface area contributed by atoms with E-state index in [-0.39, 0.29) is 11.1 Å². The van der Waals surface area contributed by atoms with Crippen LogP contribution in [0.15, 0.2) is 42.6 Å². The number of benzene rings is 1. The van der Waals surface area contributed by atoms with Crippen LogP contribution in [-0.4, -0.2) is 27.8 Å². The number of nitrogens with one attached hydrogen (secondary N) is 1. The van der Waals surface area contributed by atoms with E-state index < -0.39 is 11.4 Å². The zero-order valence-electron chi connectivity index (χ0n) is 13.6. The van der Waals surface area contributed by atoms with Crippen LogP contribution in [0.2, 0.25) is 0 Å². The van der Waals surface area contributed by atoms with Crippen molar-refractivity contribution in [3.05, 3.63) is 59.4 Å². The molecule has 2 N–H and O–H groups in total. The van der Waals surface area contributed by atoms with E-state index in [2.05, 4.69) is 10.3 Å². The number of nitrogens with zero attached hydrogens (tertiary/aromatic N) is 1. The fraction of sp³-hybridized carbons (Fsp3) is 0.278. The zero-order chi connectivity index (χ0) is 17.8. The molecule has 2 atom stereocenters. The van der Waals surface area contributed by atoms with E-state index in [1.165, 1.54) is 0 Å². The maximum Gasteiger partial charge on any atom is 0.286 e. The molecule has 1 aromatic heterocycles. The molecule has 7 heteroatoms. The fourth-order valence-corrected chi connectivity index (χ4v) is 3.25. The van der Waals surface area contributed by atoms with Gasteiger partial charge in [-0.15, -0.1) is 0 Å². The van der Waals surface area contributed by atoms with Crippen LogP contribution < -0.4 is 10.1 Å². The van der Waals surface area contributed by atoms with Crippen LogP contribution in [0.1, 0.15) is 35.1 Å². The predicted octanol–water partition coefficient (Wildman–Crippen LogP) is 2.78. The highest BCUT2D eigenvalue weighted by atomic mass is 32.2. The van der Waals surface area contributed by atoms with E-state index in [9.17, 15) is 14.7 Å². The molecule has 1 aliphatic heterocycles. The quantitative estimate of drug-likeness (QED) is 0.825. The second kappa shape index (κ2) is 7.67. The third kappa shape index (κ3) is 4.37. The van der Waals surface area contributed by atoms with Gasteiger partial charge in [-0.3, -0.25) is 19.9 Å². The average molecular weight is 358 g/mol. The van der Waals surface area contributed by atoms with Gasteiger partial charge in [0.15, 0.2) is 0 Å². The number of rotatable bonds is 6. The Morgan fingerprint density at radius 2 is 2.00 bits per heavy atom. The van der Waals surface area contributed by atoms with Gasteiger partial charge in [-0.25, -0.2) is 0 Å². The molecule has 6 nitrogen and oxygen atoms in total. The maximum atomic E-state index is 11.7. The van der Waals surface area contributed by atoms with Gasteiger partial charge in [0.2, 0.25) is 5.91 Å². The van der Waals surface area contributed by atoms with Crippen molar-refractivity contribution in [2.75, 3.05) is 6.61 Å². The summed E-state index contributed by atoms with van der Waals surface area (Å²) in [5.74, 6) is 0.412. The topological polar surface area (TPSA) is 88.5 Å². The van der Waals surface area contributed by atoms with Gasteiger partial charge < -0.3 is 9.84 Å². The van der Waals surface area contributed by atoms with Crippen molar-refractivity contribution >= 4 is 22.9 Å². The first-order chi connectivity index (χ1) is 12.0. The summed E-state index contributed by atoms with van der Waals surface area (Å²) in [5.41, 5.74) is 2.45. The number of aliphatic hydroxyl groups excluding tert-OH is 1. The van der Waals surface area contributed by atoms with E-state index in [1.807, 2.05) is 12.1 Å². The normalized spacial score (nSPS) is 18.1. The number of ether oxygens (including phenoxy) is 1. The summed E-state index contributed by atoms with van der Waals surface area (Å²) in [4.78, 5) is 27.2. The lowest BCUT2D eigenvalue weighted by Gasteiger charge is -2.09. The Hall–Kier alpha value is -2.38. The van der Waals surface area contributed by atoms with Gasteiger partial charge in [-0.1, -0.05) is 18.2 Å². The van der Waals surface area contributed by atoms with Crippen molar-refractivity contribution < 1.29 is 19.4 Å². The number of thioether (sulfide) groups is 1. The van der Waals surface area contributed by atoms with Crippen molar-refractivity contribution in [3.8, 4) is 5.75 Å². The summed E-state index contributed by atoms with van der Waals surface area (Å²) in [6.45, 7) is 2.17. The largest absolute Gasteiger partial charge is 0.493 e. The van der Waals surface area contributed by atoms with Gasteiger partial charge in [-0.05, 0) is 48.0 Å². The van der Waals surface area contributed by atoms with E-state index >= 15 is 0 Å². The second-order valence-corrected chi connectivity index (χ2v) is 6.78. The molecule has 1 saturated heterocycles.